The van der Waals surface area contributed by atoms with Gasteiger partial charge in [0.1, 0.15) is 5.82 Å². The lowest BCUT2D eigenvalue weighted by molar-refractivity contribution is 0.234. The van der Waals surface area contributed by atoms with Crippen LogP contribution < -0.4 is 5.73 Å². The molecule has 0 saturated carbocycles. The van der Waals surface area contributed by atoms with Crippen molar-refractivity contribution in [2.75, 3.05) is 39.3 Å². The quantitative estimate of drug-likeness (QED) is 0.720. The topological polar surface area (TPSA) is 32.5 Å². The molecule has 0 amide bonds. The van der Waals surface area contributed by atoms with Crippen molar-refractivity contribution >= 4 is 0 Å². The molecule has 0 aliphatic rings. The molecular weight excluding hydrogens is 265 g/mol. The van der Waals surface area contributed by atoms with Gasteiger partial charge in [-0.15, -0.1) is 0 Å². The van der Waals surface area contributed by atoms with Gasteiger partial charge in [-0.3, -0.25) is 0 Å². The number of benzene rings is 1. The van der Waals surface area contributed by atoms with Crippen LogP contribution in [0.4, 0.5) is 4.39 Å². The Kier molecular flexibility index (Phi) is 8.50. The highest BCUT2D eigenvalue weighted by molar-refractivity contribution is 5.20. The molecule has 1 rings (SSSR count). The monoisotopic (exact) mass is 295 g/mol. The summed E-state index contributed by atoms with van der Waals surface area (Å²) in [5, 5.41) is 0. The summed E-state index contributed by atoms with van der Waals surface area (Å²) in [5.74, 6) is -0.215. The summed E-state index contributed by atoms with van der Waals surface area (Å²) < 4.78 is 13.2. The first-order chi connectivity index (χ1) is 10.1. The smallest absolute Gasteiger partial charge is 0.123 e. The Morgan fingerprint density at radius 2 is 1.67 bits per heavy atom. The third-order valence-corrected chi connectivity index (χ3v) is 4.02. The Bertz CT molecular complexity index is 393. The van der Waals surface area contributed by atoms with E-state index in [4.69, 9.17) is 5.73 Å². The molecule has 1 aromatic carbocycles. The Morgan fingerprint density at radius 3 is 2.24 bits per heavy atom. The number of hydrogen-bond acceptors (Lipinski definition) is 3. The predicted octanol–water partition coefficient (Wildman–Crippen LogP) is 2.88. The van der Waals surface area contributed by atoms with E-state index in [1.165, 1.54) is 12.1 Å². The van der Waals surface area contributed by atoms with Crippen LogP contribution in [-0.4, -0.2) is 49.1 Å². The van der Waals surface area contributed by atoms with Crippen LogP contribution in [0.2, 0.25) is 0 Å². The Morgan fingerprint density at radius 1 is 1.05 bits per heavy atom. The van der Waals surface area contributed by atoms with E-state index in [1.807, 2.05) is 6.07 Å². The first kappa shape index (κ1) is 18.1. The molecule has 21 heavy (non-hydrogen) atoms. The van der Waals surface area contributed by atoms with E-state index in [9.17, 15) is 4.39 Å². The number of hydrogen-bond donors (Lipinski definition) is 1. The van der Waals surface area contributed by atoms with Crippen molar-refractivity contribution in [2.45, 2.75) is 33.2 Å². The van der Waals surface area contributed by atoms with Crippen LogP contribution >= 0.6 is 0 Å². The predicted molar refractivity (Wildman–Crippen MR) is 87.8 cm³/mol. The molecule has 0 saturated heterocycles. The van der Waals surface area contributed by atoms with Gasteiger partial charge in [0.05, 0.1) is 0 Å². The zero-order valence-corrected chi connectivity index (χ0v) is 13.7. The molecule has 120 valence electrons. The van der Waals surface area contributed by atoms with Crippen LogP contribution in [0.1, 0.15) is 38.8 Å². The van der Waals surface area contributed by atoms with Crippen molar-refractivity contribution < 1.29 is 4.39 Å². The summed E-state index contributed by atoms with van der Waals surface area (Å²) in [6.45, 7) is 12.7. The summed E-state index contributed by atoms with van der Waals surface area (Å²) in [7, 11) is 0. The van der Waals surface area contributed by atoms with E-state index in [1.54, 1.807) is 6.07 Å². The lowest BCUT2D eigenvalue weighted by Crippen LogP contribution is -2.35. The van der Waals surface area contributed by atoms with E-state index < -0.39 is 0 Å². The van der Waals surface area contributed by atoms with Crippen LogP contribution in [0.5, 0.6) is 0 Å². The molecule has 4 heteroatoms. The van der Waals surface area contributed by atoms with E-state index in [2.05, 4.69) is 30.6 Å². The fourth-order valence-corrected chi connectivity index (χ4v) is 2.56. The van der Waals surface area contributed by atoms with Gasteiger partial charge in [0.15, 0.2) is 0 Å². The van der Waals surface area contributed by atoms with Gasteiger partial charge in [0, 0.05) is 12.6 Å². The second-order valence-electron chi connectivity index (χ2n) is 5.44. The van der Waals surface area contributed by atoms with E-state index >= 15 is 0 Å². The Labute approximate surface area is 128 Å². The maximum Gasteiger partial charge on any atom is 0.123 e. The minimum absolute atomic E-state index is 0.130. The molecule has 0 fully saturated rings. The molecule has 1 unspecified atom stereocenters. The molecule has 0 spiro atoms. The summed E-state index contributed by atoms with van der Waals surface area (Å²) in [4.78, 5) is 4.78. The van der Waals surface area contributed by atoms with Crippen molar-refractivity contribution in [2.24, 2.45) is 5.73 Å². The minimum Gasteiger partial charge on any atom is -0.323 e. The van der Waals surface area contributed by atoms with E-state index in [-0.39, 0.29) is 11.9 Å². The van der Waals surface area contributed by atoms with Crippen molar-refractivity contribution in [3.05, 3.63) is 35.6 Å². The molecule has 0 aromatic heterocycles. The largest absolute Gasteiger partial charge is 0.323 e. The van der Waals surface area contributed by atoms with Gasteiger partial charge < -0.3 is 15.5 Å². The van der Waals surface area contributed by atoms with Gasteiger partial charge in [0.2, 0.25) is 0 Å². The first-order valence-electron chi connectivity index (χ1n) is 8.06. The average molecular weight is 295 g/mol. The molecule has 3 nitrogen and oxygen atoms in total. The molecule has 0 radical (unpaired) electrons. The molecule has 0 aliphatic heterocycles. The van der Waals surface area contributed by atoms with Gasteiger partial charge in [-0.25, -0.2) is 4.39 Å². The molecule has 0 heterocycles. The van der Waals surface area contributed by atoms with Crippen LogP contribution in [0, 0.1) is 5.82 Å². The molecule has 0 aliphatic carbocycles. The van der Waals surface area contributed by atoms with Crippen molar-refractivity contribution in [3.63, 3.8) is 0 Å². The van der Waals surface area contributed by atoms with E-state index in [0.29, 0.717) is 0 Å². The van der Waals surface area contributed by atoms with Gasteiger partial charge in [-0.2, -0.15) is 0 Å². The number of halogens is 1. The Balaban J connectivity index is 2.42. The fourth-order valence-electron chi connectivity index (χ4n) is 2.56. The third kappa shape index (κ3) is 6.55. The Hall–Kier alpha value is -0.970. The molecule has 0 bridgehead atoms. The number of rotatable bonds is 10. The van der Waals surface area contributed by atoms with Crippen molar-refractivity contribution in [3.8, 4) is 0 Å². The second-order valence-corrected chi connectivity index (χ2v) is 5.44. The maximum atomic E-state index is 13.2. The van der Waals surface area contributed by atoms with Gasteiger partial charge in [-0.1, -0.05) is 32.9 Å². The second kappa shape index (κ2) is 9.87. The maximum absolute atomic E-state index is 13.2. The summed E-state index contributed by atoms with van der Waals surface area (Å²) in [6.07, 6.45) is 1.14. The van der Waals surface area contributed by atoms with E-state index in [0.717, 1.165) is 51.3 Å². The lowest BCUT2D eigenvalue weighted by atomic mass is 10.1. The van der Waals surface area contributed by atoms with Crippen LogP contribution in [-0.2, 0) is 0 Å². The minimum atomic E-state index is -0.215. The third-order valence-electron chi connectivity index (χ3n) is 4.02. The van der Waals surface area contributed by atoms with Crippen LogP contribution in [0.25, 0.3) is 0 Å². The van der Waals surface area contributed by atoms with Gasteiger partial charge >= 0.3 is 0 Å². The first-order valence-corrected chi connectivity index (χ1v) is 8.06. The normalized spacial score (nSPS) is 13.1. The van der Waals surface area contributed by atoms with Gasteiger partial charge in [0.25, 0.3) is 0 Å². The van der Waals surface area contributed by atoms with Crippen molar-refractivity contribution in [1.82, 2.24) is 9.80 Å². The van der Waals surface area contributed by atoms with Crippen LogP contribution in [0.15, 0.2) is 24.3 Å². The standard InChI is InChI=1S/C17H30FN3/c1-4-20(5-2)11-8-12-21(6-3)14-17(19)15-9-7-10-16(18)13-15/h7,9-10,13,17H,4-6,8,11-12,14,19H2,1-3H3. The van der Waals surface area contributed by atoms with Gasteiger partial charge in [-0.05, 0) is 56.8 Å². The molecule has 1 atom stereocenters. The fraction of sp³-hybridized carbons (Fsp3) is 0.647. The zero-order chi connectivity index (χ0) is 15.7. The summed E-state index contributed by atoms with van der Waals surface area (Å²) in [5.41, 5.74) is 7.08. The molecule has 2 N–H and O–H groups in total. The zero-order valence-electron chi connectivity index (χ0n) is 13.7. The number of nitrogens with two attached hydrogens (primary N) is 1. The summed E-state index contributed by atoms with van der Waals surface area (Å²) in [6, 6.07) is 6.49. The number of likely N-dealkylation sites (N-methyl/N-ethyl adjacent to an activating group) is 1. The van der Waals surface area contributed by atoms with Crippen molar-refractivity contribution in [1.29, 1.82) is 0 Å². The molecular formula is C17H30FN3. The molecule has 1 aromatic rings. The highest BCUT2D eigenvalue weighted by atomic mass is 19.1. The average Bonchev–Trinajstić information content (AvgIpc) is 2.50. The SMILES string of the molecule is CCN(CC)CCCN(CC)CC(N)c1cccc(F)c1. The summed E-state index contributed by atoms with van der Waals surface area (Å²) >= 11 is 0. The lowest BCUT2D eigenvalue weighted by Gasteiger charge is -2.26. The highest BCUT2D eigenvalue weighted by Crippen LogP contribution is 2.13. The highest BCUT2D eigenvalue weighted by Gasteiger charge is 2.12. The number of nitrogens with zero attached hydrogens (tertiary/aromatic N) is 2. The van der Waals surface area contributed by atoms with Crippen LogP contribution in [0.3, 0.4) is 0 Å².